The minimum absolute atomic E-state index is 1.28. The second kappa shape index (κ2) is 42.4. The monoisotopic (exact) mass is 737 g/mol. The Kier molecular flexibility index (Phi) is 40.2. The van der Waals surface area contributed by atoms with Gasteiger partial charge in [0.2, 0.25) is 0 Å². The van der Waals surface area contributed by atoms with Crippen molar-refractivity contribution in [2.75, 3.05) is 0 Å². The predicted molar refractivity (Wildman–Crippen MR) is 244 cm³/mol. The van der Waals surface area contributed by atoms with Crippen molar-refractivity contribution >= 4 is 0 Å². The molecule has 312 valence electrons. The van der Waals surface area contributed by atoms with Crippen LogP contribution in [0.1, 0.15) is 301 Å². The van der Waals surface area contributed by atoms with Gasteiger partial charge < -0.3 is 0 Å². The van der Waals surface area contributed by atoms with Crippen molar-refractivity contribution in [2.24, 2.45) is 0 Å². The van der Waals surface area contributed by atoms with E-state index in [2.05, 4.69) is 39.0 Å². The van der Waals surface area contributed by atoms with Gasteiger partial charge in [0.05, 0.1) is 0 Å². The van der Waals surface area contributed by atoms with Gasteiger partial charge in [0, 0.05) is 0 Å². The van der Waals surface area contributed by atoms with Crippen LogP contribution in [-0.4, -0.2) is 0 Å². The van der Waals surface area contributed by atoms with E-state index in [-0.39, 0.29) is 0 Å². The van der Waals surface area contributed by atoms with Crippen molar-refractivity contribution in [2.45, 2.75) is 303 Å². The highest BCUT2D eigenvalue weighted by Crippen LogP contribution is 2.23. The van der Waals surface area contributed by atoms with Gasteiger partial charge in [-0.1, -0.05) is 289 Å². The van der Waals surface area contributed by atoms with Crippen LogP contribution in [0.25, 0.3) is 0 Å². The molecule has 0 heterocycles. The largest absolute Gasteiger partial charge is 0.0654 e. The second-order valence-electron chi connectivity index (χ2n) is 17.7. The maximum absolute atomic E-state index is 2.46. The Hall–Kier alpha value is -0.780. The molecule has 1 aromatic rings. The van der Waals surface area contributed by atoms with E-state index < -0.39 is 0 Å². The zero-order valence-corrected chi connectivity index (χ0v) is 37.3. The van der Waals surface area contributed by atoms with Gasteiger partial charge in [-0.2, -0.15) is 0 Å². The topological polar surface area (TPSA) is 0 Å². The van der Waals surface area contributed by atoms with Crippen LogP contribution in [0.2, 0.25) is 0 Å². The summed E-state index contributed by atoms with van der Waals surface area (Å²) in [5.74, 6) is 0. The third-order valence-electron chi connectivity index (χ3n) is 12.5. The van der Waals surface area contributed by atoms with Crippen molar-refractivity contribution in [3.05, 3.63) is 34.9 Å². The van der Waals surface area contributed by atoms with Gasteiger partial charge in [0.15, 0.2) is 0 Å². The lowest BCUT2D eigenvalue weighted by atomic mass is 9.91. The van der Waals surface area contributed by atoms with Crippen LogP contribution < -0.4 is 0 Å². The molecule has 0 atom stereocenters. The van der Waals surface area contributed by atoms with Gasteiger partial charge in [-0.15, -0.1) is 0 Å². The van der Waals surface area contributed by atoms with Crippen molar-refractivity contribution in [1.82, 2.24) is 0 Å². The highest BCUT2D eigenvalue weighted by molar-refractivity contribution is 5.36. The highest BCUT2D eigenvalue weighted by atomic mass is 14.1. The molecular weight excluding hydrogens is 637 g/mol. The molecule has 0 aromatic heterocycles. The highest BCUT2D eigenvalue weighted by Gasteiger charge is 2.08. The standard InChI is InChI=1S/C53H100/c1-4-7-9-11-13-15-17-19-21-23-25-27-29-31-33-35-37-39-41-43-47-51-49-45-50-52(53(51)46-6-3)48-44-42-40-38-36-34-32-30-28-26-24-22-20-18-16-14-12-10-8-5-2/h45,49-50H,4-44,46-48H2,1-3H3. The zero-order chi connectivity index (χ0) is 38.0. The molecule has 0 aliphatic heterocycles. The van der Waals surface area contributed by atoms with Crippen LogP contribution in [0.15, 0.2) is 18.2 Å². The summed E-state index contributed by atoms with van der Waals surface area (Å²) in [7, 11) is 0. The van der Waals surface area contributed by atoms with Crippen LogP contribution in [-0.2, 0) is 19.3 Å². The minimum Gasteiger partial charge on any atom is -0.0654 e. The van der Waals surface area contributed by atoms with Gasteiger partial charge in [0.25, 0.3) is 0 Å². The van der Waals surface area contributed by atoms with Crippen LogP contribution in [0.4, 0.5) is 0 Å². The Morgan fingerprint density at radius 3 is 0.642 bits per heavy atom. The maximum atomic E-state index is 2.46. The van der Waals surface area contributed by atoms with E-state index in [1.165, 1.54) is 283 Å². The van der Waals surface area contributed by atoms with Crippen molar-refractivity contribution < 1.29 is 0 Å². The first kappa shape index (κ1) is 50.2. The Morgan fingerprint density at radius 1 is 0.226 bits per heavy atom. The Bertz CT molecular complexity index is 759. The summed E-state index contributed by atoms with van der Waals surface area (Å²) in [5, 5.41) is 0. The third kappa shape index (κ3) is 34.2. The van der Waals surface area contributed by atoms with Gasteiger partial charge in [-0.05, 0) is 48.8 Å². The molecular formula is C53H100. The summed E-state index contributed by atoms with van der Waals surface area (Å²) in [4.78, 5) is 0. The molecule has 0 aliphatic carbocycles. The zero-order valence-electron chi connectivity index (χ0n) is 37.3. The number of hydrogen-bond donors (Lipinski definition) is 0. The summed E-state index contributed by atoms with van der Waals surface area (Å²) in [6, 6.07) is 7.29. The molecule has 0 nitrogen and oxygen atoms in total. The molecule has 1 aromatic carbocycles. The summed E-state index contributed by atoms with van der Waals surface area (Å²) < 4.78 is 0. The van der Waals surface area contributed by atoms with E-state index in [1.54, 1.807) is 16.7 Å². The number of benzene rings is 1. The average molecular weight is 737 g/mol. The van der Waals surface area contributed by atoms with E-state index in [1.807, 2.05) is 0 Å². The first-order valence-corrected chi connectivity index (χ1v) is 25.4. The second-order valence-corrected chi connectivity index (χ2v) is 17.7. The molecule has 53 heavy (non-hydrogen) atoms. The van der Waals surface area contributed by atoms with Gasteiger partial charge >= 0.3 is 0 Å². The van der Waals surface area contributed by atoms with E-state index in [4.69, 9.17) is 0 Å². The van der Waals surface area contributed by atoms with Crippen molar-refractivity contribution in [1.29, 1.82) is 0 Å². The fourth-order valence-corrected chi connectivity index (χ4v) is 8.87. The van der Waals surface area contributed by atoms with E-state index in [0.717, 1.165) is 0 Å². The minimum atomic E-state index is 1.28. The lowest BCUT2D eigenvalue weighted by Crippen LogP contribution is -2.01. The molecule has 1 rings (SSSR count). The summed E-state index contributed by atoms with van der Waals surface area (Å²) >= 11 is 0. The molecule has 0 saturated heterocycles. The maximum Gasteiger partial charge on any atom is -0.0276 e. The van der Waals surface area contributed by atoms with Gasteiger partial charge in [-0.25, -0.2) is 0 Å². The van der Waals surface area contributed by atoms with Crippen LogP contribution >= 0.6 is 0 Å². The fraction of sp³-hybridized carbons (Fsp3) is 0.887. The molecule has 0 unspecified atom stereocenters. The third-order valence-corrected chi connectivity index (χ3v) is 12.5. The van der Waals surface area contributed by atoms with Gasteiger partial charge in [-0.3, -0.25) is 0 Å². The van der Waals surface area contributed by atoms with Crippen LogP contribution in [0.3, 0.4) is 0 Å². The smallest absolute Gasteiger partial charge is 0.0276 e. The molecule has 0 fully saturated rings. The first-order valence-electron chi connectivity index (χ1n) is 25.4. The Labute approximate surface area is 337 Å². The lowest BCUT2D eigenvalue weighted by molar-refractivity contribution is 0.521. The normalized spacial score (nSPS) is 11.6. The molecule has 0 saturated carbocycles. The number of aryl methyl sites for hydroxylation is 2. The number of hydrogen-bond acceptors (Lipinski definition) is 0. The summed E-state index contributed by atoms with van der Waals surface area (Å²) in [6.45, 7) is 7.00. The molecule has 0 bridgehead atoms. The van der Waals surface area contributed by atoms with Crippen LogP contribution in [0.5, 0.6) is 0 Å². The van der Waals surface area contributed by atoms with Crippen molar-refractivity contribution in [3.63, 3.8) is 0 Å². The van der Waals surface area contributed by atoms with E-state index in [0.29, 0.717) is 0 Å². The first-order chi connectivity index (χ1) is 26.3. The quantitative estimate of drug-likeness (QED) is 0.0585. The number of unbranched alkanes of at least 4 members (excludes halogenated alkanes) is 38. The van der Waals surface area contributed by atoms with Gasteiger partial charge in [0.1, 0.15) is 0 Å². The summed E-state index contributed by atoms with van der Waals surface area (Å²) in [6.07, 6.45) is 63.6. The predicted octanol–water partition coefficient (Wildman–Crippen LogP) is 19.4. The van der Waals surface area contributed by atoms with Crippen molar-refractivity contribution in [3.8, 4) is 0 Å². The molecule has 0 heteroatoms. The lowest BCUT2D eigenvalue weighted by Gasteiger charge is -2.15. The Morgan fingerprint density at radius 2 is 0.434 bits per heavy atom. The molecule has 0 N–H and O–H groups in total. The van der Waals surface area contributed by atoms with Crippen LogP contribution in [0, 0.1) is 0 Å². The van der Waals surface area contributed by atoms with E-state index in [9.17, 15) is 0 Å². The Balaban J connectivity index is 1.95. The number of rotatable bonds is 44. The summed E-state index contributed by atoms with van der Waals surface area (Å²) in [5.41, 5.74) is 5.09. The molecule has 0 aliphatic rings. The SMILES string of the molecule is CCCCCCCCCCCCCCCCCCCCCCc1cccc(CCCCCCCCCCCCCCCCCCCCCC)c1CCC. The fourth-order valence-electron chi connectivity index (χ4n) is 8.87. The molecule has 0 spiro atoms. The van der Waals surface area contributed by atoms with E-state index >= 15 is 0 Å². The molecule has 0 amide bonds. The molecule has 0 radical (unpaired) electrons. The average Bonchev–Trinajstić information content (AvgIpc) is 3.17.